The molecule has 0 aromatic heterocycles. The molecule has 29 heavy (non-hydrogen) atoms. The zero-order valence-electron chi connectivity index (χ0n) is 17.9. The first-order valence-electron chi connectivity index (χ1n) is 10.4. The van der Waals surface area contributed by atoms with Crippen LogP contribution in [0.3, 0.4) is 0 Å². The molecule has 3 heteroatoms. The van der Waals surface area contributed by atoms with E-state index < -0.39 is 20.8 Å². The van der Waals surface area contributed by atoms with Crippen molar-refractivity contribution in [3.8, 4) is 0 Å². The van der Waals surface area contributed by atoms with Gasteiger partial charge in [0.05, 0.1) is 0 Å². The van der Waals surface area contributed by atoms with Crippen molar-refractivity contribution in [2.45, 2.75) is 53.4 Å². The Morgan fingerprint density at radius 1 is 0.586 bits per heavy atom. The Kier molecular flexibility index (Phi) is 12.2. The van der Waals surface area contributed by atoms with E-state index in [1.54, 1.807) is 0 Å². The van der Waals surface area contributed by atoms with Crippen molar-refractivity contribution >= 4 is 17.0 Å². The fourth-order valence-electron chi connectivity index (χ4n) is 4.16. The Balaban J connectivity index is 0.000000183. The van der Waals surface area contributed by atoms with Crippen LogP contribution in [0.2, 0.25) is 0 Å². The van der Waals surface area contributed by atoms with Crippen molar-refractivity contribution in [1.82, 2.24) is 0 Å². The first-order valence-corrected chi connectivity index (χ1v) is 16.8. The molecule has 4 aliphatic carbocycles. The van der Waals surface area contributed by atoms with Crippen LogP contribution in [0, 0.1) is 60.2 Å². The molecule has 4 rings (SSSR count). The van der Waals surface area contributed by atoms with Crippen LogP contribution < -0.4 is 0 Å². The number of hydrogen-bond acceptors (Lipinski definition) is 0. The molecule has 150 valence electrons. The molecule has 0 amide bonds. The van der Waals surface area contributed by atoms with Crippen LogP contribution in [0.5, 0.6) is 0 Å². The summed E-state index contributed by atoms with van der Waals surface area (Å²) in [4.78, 5) is 0. The van der Waals surface area contributed by atoms with Crippen molar-refractivity contribution in [2.75, 3.05) is 0 Å². The standard InChI is InChI=1S/2C13H15.2ClH.Zr/c2*1-3-10-9-11-7-5-6-8-13(11)12(10)4-2;;;/h2*5-9H,3-4H2,1-2H3;2*1H;/q;;;;+4/p-2. The molecule has 0 bridgehead atoms. The van der Waals surface area contributed by atoms with Gasteiger partial charge in [0.1, 0.15) is 0 Å². The molecular formula is C26H30Cl2Zr+2. The van der Waals surface area contributed by atoms with E-state index in [9.17, 15) is 0 Å². The molecule has 2 fully saturated rings. The third kappa shape index (κ3) is 6.70. The van der Waals surface area contributed by atoms with Gasteiger partial charge in [-0.3, -0.25) is 0 Å². The molecule has 0 aliphatic heterocycles. The third-order valence-electron chi connectivity index (χ3n) is 5.48. The summed E-state index contributed by atoms with van der Waals surface area (Å²) in [6, 6.07) is 0. The van der Waals surface area contributed by atoms with Crippen LogP contribution in [-0.2, 0) is 20.8 Å². The first-order chi connectivity index (χ1) is 14.1. The average molecular weight is 505 g/mol. The number of halogens is 2. The first kappa shape index (κ1) is 25.7. The van der Waals surface area contributed by atoms with E-state index in [0.29, 0.717) is 0 Å². The SMILES string of the molecule is CC[C]1[CH][C]2C=CC=C[C]2[C]1CC.CC[C]1[CH][C]2C=CC=C[C]2[C]1CC.[Cl][Zr+2][Cl]. The fourth-order valence-corrected chi connectivity index (χ4v) is 4.16. The zero-order valence-corrected chi connectivity index (χ0v) is 21.8. The van der Waals surface area contributed by atoms with Gasteiger partial charge in [0.25, 0.3) is 0 Å². The Morgan fingerprint density at radius 2 is 0.931 bits per heavy atom. The maximum atomic E-state index is 4.93. The molecule has 2 saturated carbocycles. The van der Waals surface area contributed by atoms with E-state index in [4.69, 9.17) is 17.0 Å². The molecule has 0 aromatic rings. The second-order valence-corrected chi connectivity index (χ2v) is 10.7. The zero-order chi connectivity index (χ0) is 21.2. The Labute approximate surface area is 198 Å². The van der Waals surface area contributed by atoms with Crippen LogP contribution >= 0.6 is 17.0 Å². The second kappa shape index (κ2) is 13.8. The van der Waals surface area contributed by atoms with Crippen molar-refractivity contribution < 1.29 is 20.8 Å². The van der Waals surface area contributed by atoms with Crippen molar-refractivity contribution in [3.05, 3.63) is 109 Å². The van der Waals surface area contributed by atoms with Gasteiger partial charge >= 0.3 is 37.9 Å². The summed E-state index contributed by atoms with van der Waals surface area (Å²) in [5.41, 5.74) is 0. The molecule has 0 nitrogen and oxygen atoms in total. The molecule has 0 aromatic carbocycles. The van der Waals surface area contributed by atoms with Crippen LogP contribution in [0.1, 0.15) is 53.4 Å². The molecule has 0 saturated heterocycles. The number of allylic oxidation sites excluding steroid dienone is 8. The summed E-state index contributed by atoms with van der Waals surface area (Å²) in [7, 11) is 9.87. The summed E-state index contributed by atoms with van der Waals surface area (Å²) in [6.07, 6.45) is 26.6. The Morgan fingerprint density at radius 3 is 1.24 bits per heavy atom. The number of rotatable bonds is 4. The van der Waals surface area contributed by atoms with E-state index in [1.807, 2.05) is 0 Å². The van der Waals surface area contributed by atoms with Crippen molar-refractivity contribution in [3.63, 3.8) is 0 Å². The van der Waals surface area contributed by atoms with Crippen molar-refractivity contribution in [1.29, 1.82) is 0 Å². The Hall–Kier alpha value is 0.423. The summed E-state index contributed by atoms with van der Waals surface area (Å²) >= 11 is -0.826. The third-order valence-corrected chi connectivity index (χ3v) is 5.48. The van der Waals surface area contributed by atoms with E-state index in [1.165, 1.54) is 47.3 Å². The normalized spacial score (nSPS) is 23.4. The van der Waals surface area contributed by atoms with Gasteiger partial charge in [-0.2, -0.15) is 0 Å². The van der Waals surface area contributed by atoms with E-state index in [0.717, 1.165) is 25.7 Å². The Bertz CT molecular complexity index is 529. The van der Waals surface area contributed by atoms with Gasteiger partial charge in [0.2, 0.25) is 0 Å². The van der Waals surface area contributed by atoms with Crippen LogP contribution in [0.25, 0.3) is 0 Å². The fraction of sp³-hybridized carbons (Fsp3) is 0.308. The molecule has 0 heterocycles. The predicted octanol–water partition coefficient (Wildman–Crippen LogP) is 8.27. The number of hydrogen-bond donors (Lipinski definition) is 0. The van der Waals surface area contributed by atoms with Gasteiger partial charge in [0, 0.05) is 23.7 Å². The van der Waals surface area contributed by atoms with Crippen LogP contribution in [-0.4, -0.2) is 0 Å². The van der Waals surface area contributed by atoms with Gasteiger partial charge < -0.3 is 0 Å². The monoisotopic (exact) mass is 502 g/mol. The molecule has 0 spiro atoms. The minimum absolute atomic E-state index is 0.826. The summed E-state index contributed by atoms with van der Waals surface area (Å²) in [6.45, 7) is 8.93. The molecular weight excluding hydrogens is 474 g/mol. The predicted molar refractivity (Wildman–Crippen MR) is 124 cm³/mol. The summed E-state index contributed by atoms with van der Waals surface area (Å²) < 4.78 is 0. The molecule has 0 unspecified atom stereocenters. The van der Waals surface area contributed by atoms with Gasteiger partial charge in [-0.1, -0.05) is 76.3 Å². The minimum atomic E-state index is -0.826. The maximum absolute atomic E-state index is 4.93. The summed E-state index contributed by atoms with van der Waals surface area (Å²) in [5.74, 6) is 11.8. The van der Waals surface area contributed by atoms with E-state index in [2.05, 4.69) is 89.1 Å². The van der Waals surface area contributed by atoms with Gasteiger partial charge in [-0.15, -0.1) is 0 Å². The van der Waals surface area contributed by atoms with Crippen LogP contribution in [0.4, 0.5) is 0 Å². The van der Waals surface area contributed by atoms with Crippen LogP contribution in [0.15, 0.2) is 48.6 Å². The molecule has 10 radical (unpaired) electrons. The second-order valence-electron chi connectivity index (χ2n) is 6.96. The van der Waals surface area contributed by atoms with Gasteiger partial charge in [-0.05, 0) is 62.2 Å². The molecule has 0 N–H and O–H groups in total. The number of fused-ring (bicyclic) bond motifs is 2. The van der Waals surface area contributed by atoms with E-state index in [-0.39, 0.29) is 0 Å². The molecule has 0 atom stereocenters. The summed E-state index contributed by atoms with van der Waals surface area (Å²) in [5, 5.41) is 0. The van der Waals surface area contributed by atoms with Gasteiger partial charge in [-0.25, -0.2) is 0 Å². The van der Waals surface area contributed by atoms with E-state index >= 15 is 0 Å². The van der Waals surface area contributed by atoms with Crippen molar-refractivity contribution in [2.24, 2.45) is 0 Å². The quantitative estimate of drug-likeness (QED) is 0.361. The van der Waals surface area contributed by atoms with Gasteiger partial charge in [0.15, 0.2) is 0 Å². The topological polar surface area (TPSA) is 0 Å². The molecule has 4 aliphatic rings. The average Bonchev–Trinajstić information content (AvgIpc) is 3.31.